The van der Waals surface area contributed by atoms with Gasteiger partial charge in [-0.25, -0.2) is 10.5 Å². The topological polar surface area (TPSA) is 308 Å². The molecule has 1 aliphatic carbocycles. The van der Waals surface area contributed by atoms with Gasteiger partial charge < -0.3 is 5.11 Å². The van der Waals surface area contributed by atoms with Crippen molar-refractivity contribution in [3.63, 3.8) is 0 Å². The van der Waals surface area contributed by atoms with Crippen LogP contribution in [-0.4, -0.2) is 32.8 Å². The number of Topliss-reactive ketones (excluding diaryl/α,β-unsaturated/α-hetero) is 1. The van der Waals surface area contributed by atoms with E-state index in [0.717, 1.165) is 19.3 Å². The number of terminal acetylenes is 2. The van der Waals surface area contributed by atoms with Crippen LogP contribution in [0.1, 0.15) is 123 Å². The second-order valence-corrected chi connectivity index (χ2v) is 14.4. The summed E-state index contributed by atoms with van der Waals surface area (Å²) in [4.78, 5) is 19.7. The molecule has 0 bridgehead atoms. The molecule has 0 radical (unpaired) electrons. The Kier molecular flexibility index (Phi) is 64.4. The van der Waals surface area contributed by atoms with E-state index in [-0.39, 0.29) is 100.0 Å². The fraction of sp³-hybridized carbons (Fsp3) is 0.145. The standard InChI is InChI=1S/C62H2.C14H24O2.H3N11O12.54H2/c1-3-5-7-9-11-13-15-17-19-21-23-25-27-29-31-33-35-37-39-41-43-45-47-49-51-53-55-57-59-61-62-60-58-56-54-52-50-48-46-44-42-40-38-36-34-32-30-28-26-24-22-20-18-16-14-12-10-8-6-4-2;1-4-5-7-11(3)14(16)13-10(2)8-6-9-12(13)15;1-2-3-4-5-6-7-8-9-10-11(14-18-22-20-16-12)15-19-23-21-17-13;;;;;;;;;;;;;;;;;;;;;;;;;;;;;;;;;;;;;;;;;;;;;;;;;;;;;;/h1-2H;4-5,10-11,13-14,16H,6-9H2,1-3H3;1,12-13H;54*1H/b;5-4+;2-1?,4-3+,6-5+,8-7+,10-9+;;;;;;;;;;;;;;;;;;;;;;;;;;;;;;;;;;;;;;;;;;;;;;;;;;;;;;. The van der Waals surface area contributed by atoms with Crippen molar-refractivity contribution in [1.82, 2.24) is 5.34 Å². The zero-order chi connectivity index (χ0) is 73.6. The van der Waals surface area contributed by atoms with Crippen molar-refractivity contribution in [2.24, 2.45) is 64.8 Å². The largest absolute Gasteiger partial charge is 0.392 e. The number of allylic oxidation sites excluding steroid dienone is 2. The van der Waals surface area contributed by atoms with Gasteiger partial charge in [0.1, 0.15) is 5.78 Å². The van der Waals surface area contributed by atoms with Crippen LogP contribution in [0, 0.1) is 391 Å². The molecule has 4 atom stereocenters. The van der Waals surface area contributed by atoms with E-state index < -0.39 is 6.10 Å². The Morgan fingerprint density at radius 1 is 0.436 bits per heavy atom. The quantitative estimate of drug-likeness (QED) is 0.0233. The van der Waals surface area contributed by atoms with E-state index in [4.69, 9.17) is 28.9 Å². The van der Waals surface area contributed by atoms with Crippen molar-refractivity contribution in [1.29, 1.82) is 5.53 Å². The molecule has 4 unspecified atom stereocenters. The number of aliphatic hydroxyl groups excluding tert-OH is 1. The first-order valence-electron chi connectivity index (χ1n) is 25.8. The summed E-state index contributed by atoms with van der Waals surface area (Å²) in [6.45, 7) is 6.10. The van der Waals surface area contributed by atoms with Crippen LogP contribution in [0.15, 0.2) is 59.2 Å². The fourth-order valence-electron chi connectivity index (χ4n) is 4.78. The van der Waals surface area contributed by atoms with Gasteiger partial charge in [-0.3, -0.25) is 4.79 Å². The van der Waals surface area contributed by atoms with E-state index in [1.807, 2.05) is 19.9 Å². The van der Waals surface area contributed by atoms with Gasteiger partial charge >= 0.3 is 0 Å². The molecule has 0 aromatic carbocycles. The molecule has 25 heteroatoms. The molecule has 101 heavy (non-hydrogen) atoms. The number of hydrogen-bond donors (Lipinski definition) is 4. The second kappa shape index (κ2) is 75.5. The highest BCUT2D eigenvalue weighted by Crippen LogP contribution is 2.33. The molecule has 25 nitrogen and oxygen atoms in total. The normalized spacial score (nSPS) is 10.0. The van der Waals surface area contributed by atoms with Crippen molar-refractivity contribution < 1.29 is 148 Å². The highest BCUT2D eigenvalue weighted by Gasteiger charge is 2.36. The highest BCUT2D eigenvalue weighted by atomic mass is 17.9. The first-order chi connectivity index (χ1) is 49.8. The molecule has 4 N–H and O–H groups in total. The lowest BCUT2D eigenvalue weighted by Crippen LogP contribution is -2.39. The smallest absolute Gasteiger partial charge is 0.138 e. The highest BCUT2D eigenvalue weighted by molar-refractivity contribution is 5.82. The second-order valence-electron chi connectivity index (χ2n) is 14.4. The molecule has 1 rings (SSSR count). The van der Waals surface area contributed by atoms with Crippen molar-refractivity contribution >= 4 is 5.78 Å². The van der Waals surface area contributed by atoms with Crippen LogP contribution in [0.2, 0.25) is 0 Å². The molecule has 0 spiro atoms. The Hall–Kier alpha value is -16.9. The van der Waals surface area contributed by atoms with Crippen LogP contribution in [0.5, 0.6) is 0 Å². The monoisotopic (exact) mass is 1430 g/mol. The summed E-state index contributed by atoms with van der Waals surface area (Å²) in [5.41, 5.74) is 6.20. The van der Waals surface area contributed by atoms with E-state index in [9.17, 15) is 9.90 Å². The maximum absolute atomic E-state index is 11.8. The van der Waals surface area contributed by atoms with Crippen LogP contribution in [0.4, 0.5) is 0 Å². The van der Waals surface area contributed by atoms with Gasteiger partial charge in [-0.2, -0.15) is 5.53 Å². The number of carbonyl (C=O) groups is 1. The van der Waals surface area contributed by atoms with Crippen molar-refractivity contribution in [2.75, 3.05) is 0 Å². The van der Waals surface area contributed by atoms with Crippen LogP contribution < -0.4 is 0 Å². The molecule has 0 aromatic heterocycles. The molecule has 0 amide bonds. The summed E-state index contributed by atoms with van der Waals surface area (Å²) in [7, 11) is 0. The molecule has 0 saturated heterocycles. The van der Waals surface area contributed by atoms with Gasteiger partial charge in [0.2, 0.25) is 0 Å². The molecule has 580 valence electrons. The van der Waals surface area contributed by atoms with E-state index in [2.05, 4.69) is 466 Å². The van der Waals surface area contributed by atoms with Crippen LogP contribution in [-0.2, 0) is 55.1 Å². The Balaban J connectivity index is -0.0000000172. The van der Waals surface area contributed by atoms with E-state index >= 15 is 0 Å². The van der Waals surface area contributed by atoms with Gasteiger partial charge in [-0.05, 0) is 209 Å². The third-order valence-corrected chi connectivity index (χ3v) is 8.23. The van der Waals surface area contributed by atoms with E-state index in [1.54, 1.807) is 0 Å². The van der Waals surface area contributed by atoms with Gasteiger partial charge in [0, 0.05) is 371 Å². The number of ketones is 1. The molecular formula is C76H137N11O14. The molecule has 1 aliphatic rings. The average Bonchev–Trinajstić information content (AvgIpc) is 0.835. The van der Waals surface area contributed by atoms with Crippen molar-refractivity contribution in [3.8, 4) is 368 Å². The Labute approximate surface area is 662 Å². The predicted octanol–water partition coefficient (Wildman–Crippen LogP) is 17.6. The van der Waals surface area contributed by atoms with Gasteiger partial charge in [0.25, 0.3) is 0 Å². The first kappa shape index (κ1) is 86.1. The predicted molar refractivity (Wildman–Crippen MR) is 466 cm³/mol. The number of aliphatic hydroxyl groups is 1. The van der Waals surface area contributed by atoms with Crippen molar-refractivity contribution in [2.45, 2.75) is 52.6 Å². The average molecular weight is 1430 g/mol. The van der Waals surface area contributed by atoms with Crippen LogP contribution >= 0.6 is 0 Å². The SMILES string of the molecule is C#CC#CC#CC#CC#CC#CC#CC#CC#CC#CC#CC#CC#CC#CC#CC#CC#CC#CC#CC#CC#CC#CC#CC#CC#CC#CC#CC#CC#CC#CC#C.C/C=C/CC(C)C(O)C1C(=O)CCCC1C.N=N/N=N/N=N/N=N/N=N/N(OOOOOO)OOOOOO.[HH].[HH].[HH].[HH].[HH].[HH].[HH].[HH].[HH].[HH].[HH].[HH].[HH].[HH].[HH].[HH].[HH].[HH].[HH].[HH].[HH].[HH].[HH].[HH].[HH].[HH].[HH].[HH].[HH].[HH].[HH].[HH].[HH].[HH].[HH].[HH].[HH].[HH].[HH].[HH].[HH].[HH].[HH].[HH].[HH].[HH].[HH].[HH].[HH].[HH].[HH].[HH].[HH].[HH]. The van der Waals surface area contributed by atoms with Gasteiger partial charge in [0.15, 0.2) is 0 Å². The minimum Gasteiger partial charge on any atom is -0.392 e. The summed E-state index contributed by atoms with van der Waals surface area (Å²) in [5, 5.41) is 77.2. The summed E-state index contributed by atoms with van der Waals surface area (Å²) >= 11 is 0. The Morgan fingerprint density at radius 2 is 0.683 bits per heavy atom. The lowest BCUT2D eigenvalue weighted by Gasteiger charge is -2.34. The van der Waals surface area contributed by atoms with E-state index in [1.165, 1.54) is 0 Å². The lowest BCUT2D eigenvalue weighted by atomic mass is 9.73. The minimum atomic E-state index is -0.473. The third kappa shape index (κ3) is 67.3. The number of nitrogens with zero attached hydrogens (tertiary/aromatic N) is 10. The molecular weight excluding hydrogens is 1290 g/mol. The first-order valence-corrected chi connectivity index (χ1v) is 25.8. The zero-order valence-corrected chi connectivity index (χ0v) is 51.8. The maximum atomic E-state index is 11.8. The Bertz CT molecular complexity index is 5150. The zero-order valence-electron chi connectivity index (χ0n) is 51.8. The van der Waals surface area contributed by atoms with Crippen molar-refractivity contribution in [3.05, 3.63) is 12.2 Å². The number of hydrogen-bond acceptors (Lipinski definition) is 16. The molecule has 0 aliphatic heterocycles. The molecule has 0 heterocycles. The molecule has 0 aromatic rings. The summed E-state index contributed by atoms with van der Waals surface area (Å²) in [6, 6.07) is 0. The number of nitrogens with one attached hydrogen (secondary N) is 1. The fourth-order valence-corrected chi connectivity index (χ4v) is 4.78. The van der Waals surface area contributed by atoms with Crippen LogP contribution in [0.3, 0.4) is 0 Å². The molecule has 1 saturated carbocycles. The third-order valence-electron chi connectivity index (χ3n) is 8.23. The maximum Gasteiger partial charge on any atom is 0.138 e. The van der Waals surface area contributed by atoms with Gasteiger partial charge in [0.05, 0.1) is 11.4 Å². The van der Waals surface area contributed by atoms with Gasteiger partial charge in [-0.15, -0.1) is 12.8 Å². The summed E-state index contributed by atoms with van der Waals surface area (Å²) in [6.07, 6.45) is 17.0. The number of rotatable bonds is 19. The minimum absolute atomic E-state index is 0. The van der Waals surface area contributed by atoms with Gasteiger partial charge in [-0.1, -0.05) is 26.0 Å². The van der Waals surface area contributed by atoms with E-state index in [0.29, 0.717) is 12.3 Å². The summed E-state index contributed by atoms with van der Waals surface area (Å²) in [5.74, 6) is 149. The molecule has 1 fully saturated rings. The summed E-state index contributed by atoms with van der Waals surface area (Å²) < 4.78 is 0. The Morgan fingerprint density at radius 3 is 0.911 bits per heavy atom. The lowest BCUT2D eigenvalue weighted by molar-refractivity contribution is -0.825. The van der Waals surface area contributed by atoms with Crippen LogP contribution in [0.25, 0.3) is 0 Å². The number of carbonyl (C=O) groups excluding carboxylic acids is 1.